The van der Waals surface area contributed by atoms with Crippen LogP contribution in [0.5, 0.6) is 0 Å². The normalized spacial score (nSPS) is 17.1. The second-order valence-corrected chi connectivity index (χ2v) is 6.79. The molecule has 0 saturated heterocycles. The van der Waals surface area contributed by atoms with Gasteiger partial charge in [-0.1, -0.05) is 25.7 Å². The Kier molecular flexibility index (Phi) is 5.01. The van der Waals surface area contributed by atoms with E-state index in [-0.39, 0.29) is 5.09 Å². The Hall–Kier alpha value is -0.850. The Morgan fingerprint density at radius 1 is 1.32 bits per heavy atom. The maximum atomic E-state index is 12.0. The zero-order valence-electron chi connectivity index (χ0n) is 11.3. The molecule has 0 spiro atoms. The number of furan rings is 1. The third-order valence-electron chi connectivity index (χ3n) is 3.57. The molecule has 0 radical (unpaired) electrons. The summed E-state index contributed by atoms with van der Waals surface area (Å²) in [4.78, 5) is 0. The van der Waals surface area contributed by atoms with E-state index in [4.69, 9.17) is 4.42 Å². The average Bonchev–Trinajstić information content (AvgIpc) is 3.00. The predicted octanol–water partition coefficient (Wildman–Crippen LogP) is 1.86. The zero-order chi connectivity index (χ0) is 13.7. The van der Waals surface area contributed by atoms with E-state index in [9.17, 15) is 8.42 Å². The first kappa shape index (κ1) is 14.6. The highest BCUT2D eigenvalue weighted by Gasteiger charge is 2.20. The first-order chi connectivity index (χ1) is 9.12. The van der Waals surface area contributed by atoms with Crippen LogP contribution < -0.4 is 10.0 Å². The fraction of sp³-hybridized carbons (Fsp3) is 0.692. The van der Waals surface area contributed by atoms with Crippen molar-refractivity contribution in [2.75, 3.05) is 13.6 Å². The van der Waals surface area contributed by atoms with Crippen LogP contribution in [0.4, 0.5) is 0 Å². The summed E-state index contributed by atoms with van der Waals surface area (Å²) >= 11 is 0. The van der Waals surface area contributed by atoms with E-state index in [0.717, 1.165) is 6.42 Å². The second-order valence-electron chi connectivity index (χ2n) is 5.09. The molecule has 2 N–H and O–H groups in total. The second kappa shape index (κ2) is 6.54. The van der Waals surface area contributed by atoms with Crippen molar-refractivity contribution in [1.82, 2.24) is 10.0 Å². The van der Waals surface area contributed by atoms with Crippen LogP contribution in [0.15, 0.2) is 21.6 Å². The van der Waals surface area contributed by atoms with Crippen LogP contribution in [-0.2, 0) is 16.6 Å². The smallest absolute Gasteiger partial charge is 0.273 e. The summed E-state index contributed by atoms with van der Waals surface area (Å²) in [5.41, 5.74) is 0. The van der Waals surface area contributed by atoms with E-state index in [1.165, 1.54) is 31.7 Å². The van der Waals surface area contributed by atoms with Crippen LogP contribution in [-0.4, -0.2) is 22.0 Å². The van der Waals surface area contributed by atoms with Crippen LogP contribution in [0.1, 0.15) is 37.9 Å². The molecule has 1 aromatic rings. The molecule has 1 aliphatic rings. The van der Waals surface area contributed by atoms with Gasteiger partial charge in [-0.05, 0) is 31.5 Å². The lowest BCUT2D eigenvalue weighted by Gasteiger charge is -2.09. The van der Waals surface area contributed by atoms with E-state index in [1.54, 1.807) is 13.1 Å². The van der Waals surface area contributed by atoms with Gasteiger partial charge in [0.2, 0.25) is 5.09 Å². The van der Waals surface area contributed by atoms with Crippen LogP contribution in [0.25, 0.3) is 0 Å². The molecule has 6 heteroatoms. The van der Waals surface area contributed by atoms with E-state index < -0.39 is 10.0 Å². The highest BCUT2D eigenvalue weighted by Crippen LogP contribution is 2.27. The third kappa shape index (κ3) is 4.06. The van der Waals surface area contributed by atoms with Crippen LogP contribution in [0, 0.1) is 5.92 Å². The van der Waals surface area contributed by atoms with Gasteiger partial charge < -0.3 is 9.73 Å². The van der Waals surface area contributed by atoms with E-state index in [0.29, 0.717) is 24.8 Å². The number of hydrogen-bond acceptors (Lipinski definition) is 4. The van der Waals surface area contributed by atoms with Gasteiger partial charge in [0.05, 0.1) is 6.54 Å². The summed E-state index contributed by atoms with van der Waals surface area (Å²) < 4.78 is 31.9. The Bertz CT molecular complexity index is 490. The van der Waals surface area contributed by atoms with Gasteiger partial charge in [-0.25, -0.2) is 13.1 Å². The van der Waals surface area contributed by atoms with Crippen molar-refractivity contribution in [2.45, 2.75) is 43.7 Å². The Morgan fingerprint density at radius 2 is 2.05 bits per heavy atom. The molecule has 0 aromatic carbocycles. The number of rotatable bonds is 7. The molecule has 5 nitrogen and oxygen atoms in total. The summed E-state index contributed by atoms with van der Waals surface area (Å²) in [6.07, 6.45) is 5.94. The number of sulfonamides is 1. The van der Waals surface area contributed by atoms with Gasteiger partial charge in [-0.2, -0.15) is 0 Å². The van der Waals surface area contributed by atoms with Gasteiger partial charge >= 0.3 is 0 Å². The Labute approximate surface area is 114 Å². The minimum absolute atomic E-state index is 0.00386. The molecule has 0 aliphatic heterocycles. The number of hydrogen-bond donors (Lipinski definition) is 2. The largest absolute Gasteiger partial charge is 0.447 e. The number of nitrogens with one attached hydrogen (secondary N) is 2. The minimum Gasteiger partial charge on any atom is -0.447 e. The highest BCUT2D eigenvalue weighted by molar-refractivity contribution is 7.89. The van der Waals surface area contributed by atoms with Crippen molar-refractivity contribution >= 4 is 10.0 Å². The molecule has 1 saturated carbocycles. The SMILES string of the molecule is CNCc1ccc(S(=O)(=O)NCCC2CCCC2)o1. The van der Waals surface area contributed by atoms with Gasteiger partial charge in [-0.3, -0.25) is 0 Å². The van der Waals surface area contributed by atoms with Crippen molar-refractivity contribution in [1.29, 1.82) is 0 Å². The lowest BCUT2D eigenvalue weighted by Crippen LogP contribution is -2.25. The lowest BCUT2D eigenvalue weighted by atomic mass is 10.1. The summed E-state index contributed by atoms with van der Waals surface area (Å²) in [6, 6.07) is 3.19. The van der Waals surface area contributed by atoms with Crippen molar-refractivity contribution in [3.8, 4) is 0 Å². The Morgan fingerprint density at radius 3 is 2.74 bits per heavy atom. The lowest BCUT2D eigenvalue weighted by molar-refractivity contribution is 0.403. The minimum atomic E-state index is -3.49. The van der Waals surface area contributed by atoms with Gasteiger partial charge in [-0.15, -0.1) is 0 Å². The summed E-state index contributed by atoms with van der Waals surface area (Å²) in [5.74, 6) is 1.30. The van der Waals surface area contributed by atoms with Crippen LogP contribution in [0.3, 0.4) is 0 Å². The first-order valence-electron chi connectivity index (χ1n) is 6.85. The summed E-state index contributed by atoms with van der Waals surface area (Å²) in [7, 11) is -1.71. The molecule has 1 aromatic heterocycles. The molecule has 108 valence electrons. The molecule has 19 heavy (non-hydrogen) atoms. The topological polar surface area (TPSA) is 71.3 Å². The van der Waals surface area contributed by atoms with Gasteiger partial charge in [0.1, 0.15) is 5.76 Å². The molecular weight excluding hydrogens is 264 g/mol. The van der Waals surface area contributed by atoms with Crippen molar-refractivity contribution in [3.05, 3.63) is 17.9 Å². The molecular formula is C13H22N2O3S. The fourth-order valence-electron chi connectivity index (χ4n) is 2.54. The quantitative estimate of drug-likeness (QED) is 0.802. The van der Waals surface area contributed by atoms with Crippen LogP contribution >= 0.6 is 0 Å². The van der Waals surface area contributed by atoms with Crippen molar-refractivity contribution in [3.63, 3.8) is 0 Å². The highest BCUT2D eigenvalue weighted by atomic mass is 32.2. The van der Waals surface area contributed by atoms with Crippen LogP contribution in [0.2, 0.25) is 0 Å². The molecule has 0 amide bonds. The molecule has 0 bridgehead atoms. The third-order valence-corrected chi connectivity index (χ3v) is 4.91. The fourth-order valence-corrected chi connectivity index (χ4v) is 3.53. The van der Waals surface area contributed by atoms with E-state index in [2.05, 4.69) is 10.0 Å². The van der Waals surface area contributed by atoms with E-state index >= 15 is 0 Å². The van der Waals surface area contributed by atoms with Crippen molar-refractivity contribution in [2.24, 2.45) is 5.92 Å². The molecule has 0 unspecified atom stereocenters. The summed E-state index contributed by atoms with van der Waals surface area (Å²) in [5, 5.41) is 2.92. The summed E-state index contributed by atoms with van der Waals surface area (Å²) in [6.45, 7) is 1.02. The molecule has 1 fully saturated rings. The molecule has 0 atom stereocenters. The Balaban J connectivity index is 1.85. The van der Waals surface area contributed by atoms with Crippen molar-refractivity contribution < 1.29 is 12.8 Å². The van der Waals surface area contributed by atoms with E-state index in [1.807, 2.05) is 0 Å². The monoisotopic (exact) mass is 286 g/mol. The van der Waals surface area contributed by atoms with Gasteiger partial charge in [0, 0.05) is 6.54 Å². The molecule has 1 aliphatic carbocycles. The first-order valence-corrected chi connectivity index (χ1v) is 8.33. The predicted molar refractivity (Wildman–Crippen MR) is 73.2 cm³/mol. The molecule has 2 rings (SSSR count). The maximum Gasteiger partial charge on any atom is 0.273 e. The van der Waals surface area contributed by atoms with Gasteiger partial charge in [0.25, 0.3) is 10.0 Å². The average molecular weight is 286 g/mol. The molecule has 1 heterocycles. The van der Waals surface area contributed by atoms with Gasteiger partial charge in [0.15, 0.2) is 0 Å². The maximum absolute atomic E-state index is 12.0. The zero-order valence-corrected chi connectivity index (χ0v) is 12.1. The standard InChI is InChI=1S/C13H22N2O3S/c1-14-10-12-6-7-13(18-12)19(16,17)15-9-8-11-4-2-3-5-11/h6-7,11,14-15H,2-5,8-10H2,1H3.